The first-order valence-electron chi connectivity index (χ1n) is 10.3. The number of carbonyl (C=O) groups excluding carboxylic acids is 3. The van der Waals surface area contributed by atoms with Gasteiger partial charge < -0.3 is 20.7 Å². The second-order valence-corrected chi connectivity index (χ2v) is 8.03. The molecular weight excluding hydrogens is 394 g/mol. The third-order valence-electron chi connectivity index (χ3n) is 4.83. The standard InChI is InChI=1S/C24H31N3O4/c1-14(2)20(27-24(30)25-19-10-8-7-9-11-19)23(29)31-18(6)22(28)26-21-16(4)12-15(3)13-17(21)5/h7-14,18,20H,1-6H3,(H,26,28)(H2,25,27,30)/t18-,20+/m1/s1. The van der Waals surface area contributed by atoms with Crippen LogP contribution in [-0.2, 0) is 14.3 Å². The van der Waals surface area contributed by atoms with Crippen molar-refractivity contribution in [2.24, 2.45) is 5.92 Å². The van der Waals surface area contributed by atoms with Crippen LogP contribution in [0.2, 0.25) is 0 Å². The molecule has 31 heavy (non-hydrogen) atoms. The fraction of sp³-hybridized carbons (Fsp3) is 0.375. The maximum atomic E-state index is 12.7. The Morgan fingerprint density at radius 2 is 1.45 bits per heavy atom. The Morgan fingerprint density at radius 3 is 2.00 bits per heavy atom. The molecule has 0 aliphatic carbocycles. The molecule has 3 N–H and O–H groups in total. The van der Waals surface area contributed by atoms with E-state index >= 15 is 0 Å². The molecule has 0 bridgehead atoms. The summed E-state index contributed by atoms with van der Waals surface area (Å²) in [6.45, 7) is 10.9. The van der Waals surface area contributed by atoms with Crippen molar-refractivity contribution in [2.45, 2.75) is 53.7 Å². The van der Waals surface area contributed by atoms with Crippen LogP contribution in [0.1, 0.15) is 37.5 Å². The molecule has 0 aromatic heterocycles. The minimum Gasteiger partial charge on any atom is -0.451 e. The van der Waals surface area contributed by atoms with Crippen LogP contribution in [0.3, 0.4) is 0 Å². The molecule has 0 saturated carbocycles. The zero-order chi connectivity index (χ0) is 23.1. The van der Waals surface area contributed by atoms with Crippen molar-refractivity contribution in [3.8, 4) is 0 Å². The predicted molar refractivity (Wildman–Crippen MR) is 122 cm³/mol. The third kappa shape index (κ3) is 6.84. The number of ether oxygens (including phenoxy) is 1. The van der Waals surface area contributed by atoms with E-state index in [0.717, 1.165) is 16.7 Å². The molecule has 0 fully saturated rings. The Labute approximate surface area is 183 Å². The zero-order valence-electron chi connectivity index (χ0n) is 18.9. The fourth-order valence-electron chi connectivity index (χ4n) is 3.23. The van der Waals surface area contributed by atoms with Gasteiger partial charge in [0.25, 0.3) is 5.91 Å². The average Bonchev–Trinajstić information content (AvgIpc) is 2.69. The van der Waals surface area contributed by atoms with Gasteiger partial charge in [0, 0.05) is 11.4 Å². The van der Waals surface area contributed by atoms with E-state index in [1.807, 2.05) is 39.0 Å². The summed E-state index contributed by atoms with van der Waals surface area (Å²) in [5.74, 6) is -1.33. The lowest BCUT2D eigenvalue weighted by Gasteiger charge is -2.23. The van der Waals surface area contributed by atoms with Crippen molar-refractivity contribution >= 4 is 29.3 Å². The number of aryl methyl sites for hydroxylation is 3. The van der Waals surface area contributed by atoms with Crippen LogP contribution < -0.4 is 16.0 Å². The number of urea groups is 1. The van der Waals surface area contributed by atoms with Gasteiger partial charge in [0.2, 0.25) is 0 Å². The topological polar surface area (TPSA) is 96.5 Å². The molecule has 0 spiro atoms. The van der Waals surface area contributed by atoms with Gasteiger partial charge in [-0.25, -0.2) is 9.59 Å². The number of para-hydroxylation sites is 1. The van der Waals surface area contributed by atoms with E-state index in [1.54, 1.807) is 38.1 Å². The second-order valence-electron chi connectivity index (χ2n) is 8.03. The van der Waals surface area contributed by atoms with Crippen molar-refractivity contribution in [2.75, 3.05) is 10.6 Å². The van der Waals surface area contributed by atoms with Gasteiger partial charge in [-0.2, -0.15) is 0 Å². The highest BCUT2D eigenvalue weighted by Crippen LogP contribution is 2.22. The average molecular weight is 426 g/mol. The van der Waals surface area contributed by atoms with Crippen molar-refractivity contribution in [3.63, 3.8) is 0 Å². The van der Waals surface area contributed by atoms with Gasteiger partial charge in [0.15, 0.2) is 6.10 Å². The smallest absolute Gasteiger partial charge is 0.329 e. The molecular formula is C24H31N3O4. The molecule has 2 aromatic carbocycles. The van der Waals surface area contributed by atoms with E-state index in [4.69, 9.17) is 4.74 Å². The number of rotatable bonds is 7. The predicted octanol–water partition coefficient (Wildman–Crippen LogP) is 4.33. The molecule has 2 rings (SSSR count). The molecule has 0 aliphatic heterocycles. The number of anilines is 2. The monoisotopic (exact) mass is 425 g/mol. The molecule has 3 amide bonds. The van der Waals surface area contributed by atoms with Crippen LogP contribution in [0.15, 0.2) is 42.5 Å². The summed E-state index contributed by atoms with van der Waals surface area (Å²) in [5.41, 5.74) is 4.28. The fourth-order valence-corrected chi connectivity index (χ4v) is 3.23. The Bertz CT molecular complexity index is 918. The Kier molecular flexibility index (Phi) is 8.19. The summed E-state index contributed by atoms with van der Waals surface area (Å²) in [6, 6.07) is 11.4. The first-order chi connectivity index (χ1) is 14.6. The number of carbonyl (C=O) groups is 3. The summed E-state index contributed by atoms with van der Waals surface area (Å²) in [7, 11) is 0. The van der Waals surface area contributed by atoms with Crippen LogP contribution in [0, 0.1) is 26.7 Å². The Balaban J connectivity index is 1.99. The highest BCUT2D eigenvalue weighted by molar-refractivity contribution is 5.97. The van der Waals surface area contributed by atoms with E-state index in [2.05, 4.69) is 16.0 Å². The van der Waals surface area contributed by atoms with Gasteiger partial charge >= 0.3 is 12.0 Å². The quantitative estimate of drug-likeness (QED) is 0.575. The summed E-state index contributed by atoms with van der Waals surface area (Å²) < 4.78 is 5.37. The van der Waals surface area contributed by atoms with Gasteiger partial charge in [-0.05, 0) is 56.9 Å². The zero-order valence-corrected chi connectivity index (χ0v) is 18.9. The van der Waals surface area contributed by atoms with Crippen LogP contribution >= 0.6 is 0 Å². The van der Waals surface area contributed by atoms with Gasteiger partial charge in [-0.3, -0.25) is 4.79 Å². The molecule has 0 unspecified atom stereocenters. The SMILES string of the molecule is Cc1cc(C)c(NC(=O)[C@@H](C)OC(=O)[C@@H](NC(=O)Nc2ccccc2)C(C)C)c(C)c1. The van der Waals surface area contributed by atoms with Crippen LogP contribution in [0.25, 0.3) is 0 Å². The van der Waals surface area contributed by atoms with Gasteiger partial charge in [-0.1, -0.05) is 49.7 Å². The molecule has 2 atom stereocenters. The van der Waals surface area contributed by atoms with Crippen LogP contribution in [-0.4, -0.2) is 30.1 Å². The molecule has 7 nitrogen and oxygen atoms in total. The molecule has 2 aromatic rings. The van der Waals surface area contributed by atoms with E-state index < -0.39 is 30.1 Å². The molecule has 7 heteroatoms. The summed E-state index contributed by atoms with van der Waals surface area (Å²) in [6.07, 6.45) is -1.02. The molecule has 0 aliphatic rings. The second kappa shape index (κ2) is 10.6. The number of benzene rings is 2. The normalized spacial score (nSPS) is 12.6. The lowest BCUT2D eigenvalue weighted by atomic mass is 10.0. The number of hydrogen-bond donors (Lipinski definition) is 3. The van der Waals surface area contributed by atoms with Gasteiger partial charge in [0.05, 0.1) is 0 Å². The third-order valence-corrected chi connectivity index (χ3v) is 4.83. The van der Waals surface area contributed by atoms with Crippen molar-refractivity contribution in [1.82, 2.24) is 5.32 Å². The van der Waals surface area contributed by atoms with E-state index in [9.17, 15) is 14.4 Å². The van der Waals surface area contributed by atoms with E-state index in [0.29, 0.717) is 11.4 Å². The number of hydrogen-bond acceptors (Lipinski definition) is 4. The van der Waals surface area contributed by atoms with Crippen molar-refractivity contribution < 1.29 is 19.1 Å². The molecule has 0 heterocycles. The van der Waals surface area contributed by atoms with Gasteiger partial charge in [0.1, 0.15) is 6.04 Å². The number of nitrogens with one attached hydrogen (secondary N) is 3. The summed E-state index contributed by atoms with van der Waals surface area (Å²) in [5, 5.41) is 8.13. The van der Waals surface area contributed by atoms with Crippen LogP contribution in [0.5, 0.6) is 0 Å². The highest BCUT2D eigenvalue weighted by atomic mass is 16.5. The van der Waals surface area contributed by atoms with Crippen molar-refractivity contribution in [1.29, 1.82) is 0 Å². The first-order valence-corrected chi connectivity index (χ1v) is 10.3. The Hall–Kier alpha value is -3.35. The maximum Gasteiger partial charge on any atom is 0.329 e. The minimum atomic E-state index is -1.02. The molecule has 0 saturated heterocycles. The van der Waals surface area contributed by atoms with E-state index in [-0.39, 0.29) is 5.92 Å². The van der Waals surface area contributed by atoms with E-state index in [1.165, 1.54) is 6.92 Å². The maximum absolute atomic E-state index is 12.7. The number of esters is 1. The van der Waals surface area contributed by atoms with Crippen LogP contribution in [0.4, 0.5) is 16.2 Å². The lowest BCUT2D eigenvalue weighted by molar-refractivity contribution is -0.156. The number of amides is 3. The minimum absolute atomic E-state index is 0.231. The lowest BCUT2D eigenvalue weighted by Crippen LogP contribution is -2.48. The largest absolute Gasteiger partial charge is 0.451 e. The van der Waals surface area contributed by atoms with Crippen molar-refractivity contribution in [3.05, 3.63) is 59.2 Å². The van der Waals surface area contributed by atoms with Gasteiger partial charge in [-0.15, -0.1) is 0 Å². The Morgan fingerprint density at radius 1 is 0.871 bits per heavy atom. The summed E-state index contributed by atoms with van der Waals surface area (Å²) in [4.78, 5) is 37.6. The molecule has 0 radical (unpaired) electrons. The highest BCUT2D eigenvalue weighted by Gasteiger charge is 2.29. The summed E-state index contributed by atoms with van der Waals surface area (Å²) >= 11 is 0. The molecule has 166 valence electrons. The first kappa shape index (κ1) is 23.9.